The van der Waals surface area contributed by atoms with Crippen molar-refractivity contribution in [2.24, 2.45) is 0 Å². The van der Waals surface area contributed by atoms with Crippen LogP contribution in [0.3, 0.4) is 0 Å². The van der Waals surface area contributed by atoms with Crippen LogP contribution < -0.4 is 0 Å². The fraction of sp³-hybridized carbons (Fsp3) is 0.778. The molecule has 0 saturated carbocycles. The Bertz CT molecular complexity index is 123. The normalized spacial score (nSPS) is 16.5. The maximum Gasteiger partial charge on any atom is 0.151 e. The molecule has 0 saturated heterocycles. The summed E-state index contributed by atoms with van der Waals surface area (Å²) in [5.74, 6) is 0. The zero-order valence-electron chi connectivity index (χ0n) is 8.35. The molecule has 2 heteroatoms. The maximum atomic E-state index is 3.96. The summed E-state index contributed by atoms with van der Waals surface area (Å²) in [7, 11) is 3.15. The van der Waals surface area contributed by atoms with Gasteiger partial charge in [-0.15, -0.1) is 6.58 Å². The highest BCUT2D eigenvalue weighted by atomic mass is 28.3. The molecule has 0 heterocycles. The van der Waals surface area contributed by atoms with Crippen LogP contribution in [0.1, 0.15) is 20.3 Å². The first-order valence-corrected chi connectivity index (χ1v) is 6.88. The monoisotopic (exact) mass is 171 g/mol. The highest BCUT2D eigenvalue weighted by Gasteiger charge is 2.28. The van der Waals surface area contributed by atoms with Gasteiger partial charge in [0.25, 0.3) is 0 Å². The average Bonchev–Trinajstić information content (AvgIpc) is 2.00. The second-order valence-corrected chi connectivity index (χ2v) is 8.02. The van der Waals surface area contributed by atoms with Crippen molar-refractivity contribution in [1.82, 2.24) is 4.57 Å². The Morgan fingerprint density at radius 3 is 2.00 bits per heavy atom. The minimum absolute atomic E-state index is 1.22. The molecule has 0 amide bonds. The van der Waals surface area contributed by atoms with Gasteiger partial charge in [-0.25, -0.2) is 0 Å². The van der Waals surface area contributed by atoms with Crippen LogP contribution in [-0.4, -0.2) is 26.9 Å². The van der Waals surface area contributed by atoms with Crippen molar-refractivity contribution in [1.29, 1.82) is 0 Å². The summed E-state index contributed by atoms with van der Waals surface area (Å²) in [6, 6.07) is 2.64. The first-order chi connectivity index (χ1) is 5.13. The van der Waals surface area contributed by atoms with Crippen LogP contribution in [0, 0.1) is 0 Å². The van der Waals surface area contributed by atoms with Gasteiger partial charge in [0.05, 0.1) is 0 Å². The van der Waals surface area contributed by atoms with Crippen molar-refractivity contribution in [3.63, 3.8) is 0 Å². The Morgan fingerprint density at radius 2 is 1.91 bits per heavy atom. The summed E-state index contributed by atoms with van der Waals surface area (Å²) in [6.45, 7) is 8.50. The molecular formula is C9H21NSi. The summed E-state index contributed by atoms with van der Waals surface area (Å²) in [5.41, 5.74) is 2.22. The molecule has 0 bridgehead atoms. The number of hydrogen-bond acceptors (Lipinski definition) is 1. The highest BCUT2D eigenvalue weighted by Crippen LogP contribution is 2.20. The molecule has 0 rings (SSSR count). The summed E-state index contributed by atoms with van der Waals surface area (Å²) in [6.07, 6.45) is 1.28. The van der Waals surface area contributed by atoms with E-state index in [1.807, 2.05) is 0 Å². The van der Waals surface area contributed by atoms with Crippen molar-refractivity contribution in [2.75, 3.05) is 14.1 Å². The minimum atomic E-state index is -1.22. The maximum absolute atomic E-state index is 3.96. The quantitative estimate of drug-likeness (QED) is 0.575. The average molecular weight is 171 g/mol. The molecule has 0 aromatic heterocycles. The third-order valence-electron chi connectivity index (χ3n) is 2.57. The first-order valence-electron chi connectivity index (χ1n) is 4.44. The molecule has 0 fully saturated rings. The van der Waals surface area contributed by atoms with E-state index in [2.05, 4.69) is 44.8 Å². The molecule has 1 unspecified atom stereocenters. The smallest absolute Gasteiger partial charge is 0.151 e. The molecule has 0 N–H and O–H groups in total. The molecule has 0 aliphatic heterocycles. The number of nitrogens with zero attached hydrogens (tertiary/aromatic N) is 1. The lowest BCUT2D eigenvalue weighted by Gasteiger charge is -2.33. The third kappa shape index (κ3) is 2.45. The minimum Gasteiger partial charge on any atom is -0.326 e. The van der Waals surface area contributed by atoms with Gasteiger partial charge in [0.2, 0.25) is 0 Å². The van der Waals surface area contributed by atoms with Crippen molar-refractivity contribution >= 4 is 8.24 Å². The Kier molecular flexibility index (Phi) is 4.69. The van der Waals surface area contributed by atoms with Gasteiger partial charge in [0.15, 0.2) is 8.24 Å². The van der Waals surface area contributed by atoms with Gasteiger partial charge in [0, 0.05) is 0 Å². The Balaban J connectivity index is 4.32. The molecule has 0 aliphatic rings. The summed E-state index contributed by atoms with van der Waals surface area (Å²) >= 11 is 0. The lowest BCUT2D eigenvalue weighted by atomic mass is 10.6. The highest BCUT2D eigenvalue weighted by molar-refractivity contribution is 6.81. The largest absolute Gasteiger partial charge is 0.326 e. The van der Waals surface area contributed by atoms with E-state index in [1.165, 1.54) is 18.5 Å². The fourth-order valence-electron chi connectivity index (χ4n) is 1.58. The van der Waals surface area contributed by atoms with E-state index in [0.29, 0.717) is 0 Å². The topological polar surface area (TPSA) is 3.24 Å². The molecule has 0 aromatic carbocycles. The SMILES string of the molecule is C=C[Si](CC)(CCC)N(C)C. The van der Waals surface area contributed by atoms with Crippen LogP contribution in [0.15, 0.2) is 12.3 Å². The van der Waals surface area contributed by atoms with E-state index >= 15 is 0 Å². The predicted octanol–water partition coefficient (Wildman–Crippen LogP) is 2.65. The van der Waals surface area contributed by atoms with Gasteiger partial charge in [-0.3, -0.25) is 0 Å². The third-order valence-corrected chi connectivity index (χ3v) is 7.70. The molecule has 11 heavy (non-hydrogen) atoms. The van der Waals surface area contributed by atoms with Crippen LogP contribution in [0.5, 0.6) is 0 Å². The van der Waals surface area contributed by atoms with E-state index in [9.17, 15) is 0 Å². The van der Waals surface area contributed by atoms with E-state index in [4.69, 9.17) is 0 Å². The second-order valence-electron chi connectivity index (χ2n) is 3.31. The standard InChI is InChI=1S/C9H21NSi/c1-6-9-11(7-2,8-3)10(4)5/h7H,2,6,8-9H2,1,3-5H3. The van der Waals surface area contributed by atoms with Gasteiger partial charge in [-0.2, -0.15) is 0 Å². The van der Waals surface area contributed by atoms with Gasteiger partial charge in [-0.05, 0) is 26.2 Å². The van der Waals surface area contributed by atoms with Gasteiger partial charge < -0.3 is 4.57 Å². The Hall–Kier alpha value is -0.0831. The lowest BCUT2D eigenvalue weighted by molar-refractivity contribution is 0.611. The molecular weight excluding hydrogens is 150 g/mol. The summed E-state index contributed by atoms with van der Waals surface area (Å²) in [4.78, 5) is 0. The van der Waals surface area contributed by atoms with Crippen LogP contribution >= 0.6 is 0 Å². The van der Waals surface area contributed by atoms with Crippen LogP contribution in [0.2, 0.25) is 12.1 Å². The molecule has 0 spiro atoms. The van der Waals surface area contributed by atoms with Crippen molar-refractivity contribution in [3.05, 3.63) is 12.3 Å². The lowest BCUT2D eigenvalue weighted by Crippen LogP contribution is -2.47. The Labute approximate surface area is 72.2 Å². The van der Waals surface area contributed by atoms with Gasteiger partial charge in [0.1, 0.15) is 0 Å². The second kappa shape index (κ2) is 4.73. The summed E-state index contributed by atoms with van der Waals surface area (Å²) in [5, 5.41) is 0. The molecule has 1 nitrogen and oxygen atoms in total. The van der Waals surface area contributed by atoms with E-state index in [1.54, 1.807) is 0 Å². The van der Waals surface area contributed by atoms with E-state index in [0.717, 1.165) is 0 Å². The zero-order chi connectivity index (χ0) is 8.91. The number of rotatable bonds is 5. The molecule has 0 radical (unpaired) electrons. The van der Waals surface area contributed by atoms with Gasteiger partial charge >= 0.3 is 0 Å². The zero-order valence-corrected chi connectivity index (χ0v) is 9.35. The predicted molar refractivity (Wildman–Crippen MR) is 55.2 cm³/mol. The summed E-state index contributed by atoms with van der Waals surface area (Å²) < 4.78 is 2.41. The molecule has 1 atom stereocenters. The first kappa shape index (κ1) is 10.9. The molecule has 66 valence electrons. The number of hydrogen-bond donors (Lipinski definition) is 0. The van der Waals surface area contributed by atoms with Crippen molar-refractivity contribution in [3.8, 4) is 0 Å². The van der Waals surface area contributed by atoms with Crippen LogP contribution in [-0.2, 0) is 0 Å². The Morgan fingerprint density at radius 1 is 1.36 bits per heavy atom. The van der Waals surface area contributed by atoms with Gasteiger partial charge in [-0.1, -0.05) is 26.0 Å². The van der Waals surface area contributed by atoms with E-state index in [-0.39, 0.29) is 0 Å². The van der Waals surface area contributed by atoms with E-state index < -0.39 is 8.24 Å². The molecule has 0 aliphatic carbocycles. The van der Waals surface area contributed by atoms with Crippen molar-refractivity contribution < 1.29 is 0 Å². The van der Waals surface area contributed by atoms with Crippen LogP contribution in [0.4, 0.5) is 0 Å². The fourth-order valence-corrected chi connectivity index (χ4v) is 4.74. The van der Waals surface area contributed by atoms with Crippen LogP contribution in [0.25, 0.3) is 0 Å². The molecule has 0 aromatic rings. The van der Waals surface area contributed by atoms with Crippen molar-refractivity contribution in [2.45, 2.75) is 32.4 Å².